The van der Waals surface area contributed by atoms with E-state index in [1.54, 1.807) is 0 Å². The summed E-state index contributed by atoms with van der Waals surface area (Å²) >= 11 is 5.91. The molecule has 1 aromatic heterocycles. The highest BCUT2D eigenvalue weighted by Crippen LogP contribution is 2.21. The quantitative estimate of drug-likeness (QED) is 0.714. The zero-order chi connectivity index (χ0) is 17.1. The van der Waals surface area contributed by atoms with E-state index in [2.05, 4.69) is 44.3 Å². The number of rotatable bonds is 4. The van der Waals surface area contributed by atoms with Crippen LogP contribution >= 0.6 is 11.6 Å². The zero-order valence-electron chi connectivity index (χ0n) is 13.8. The van der Waals surface area contributed by atoms with E-state index in [9.17, 15) is 0 Å². The average Bonchev–Trinajstić information content (AvgIpc) is 3.12. The normalized spacial score (nSPS) is 15.5. The van der Waals surface area contributed by atoms with Crippen molar-refractivity contribution in [3.8, 4) is 11.5 Å². The number of anilines is 1. The fourth-order valence-corrected chi connectivity index (χ4v) is 3.15. The van der Waals surface area contributed by atoms with Crippen LogP contribution in [0.15, 0.2) is 59.0 Å². The first-order valence-electron chi connectivity index (χ1n) is 8.38. The van der Waals surface area contributed by atoms with Gasteiger partial charge in [-0.2, -0.15) is 0 Å². The summed E-state index contributed by atoms with van der Waals surface area (Å²) in [6.45, 7) is 4.65. The molecule has 1 aliphatic rings. The molecule has 0 N–H and O–H groups in total. The van der Waals surface area contributed by atoms with Crippen molar-refractivity contribution in [2.24, 2.45) is 0 Å². The highest BCUT2D eigenvalue weighted by atomic mass is 35.5. The van der Waals surface area contributed by atoms with Gasteiger partial charge in [0.2, 0.25) is 11.8 Å². The molecule has 0 unspecified atom stereocenters. The molecule has 0 amide bonds. The molecule has 0 bridgehead atoms. The lowest BCUT2D eigenvalue weighted by Crippen LogP contribution is -2.46. The molecule has 1 aliphatic heterocycles. The second-order valence-corrected chi connectivity index (χ2v) is 6.54. The molecule has 128 valence electrons. The van der Waals surface area contributed by atoms with Gasteiger partial charge in [0.05, 0.1) is 6.54 Å². The summed E-state index contributed by atoms with van der Waals surface area (Å²) < 4.78 is 5.80. The Morgan fingerprint density at radius 1 is 0.880 bits per heavy atom. The highest BCUT2D eigenvalue weighted by molar-refractivity contribution is 6.30. The molecule has 2 aromatic carbocycles. The predicted octanol–water partition coefficient (Wildman–Crippen LogP) is 3.71. The first kappa shape index (κ1) is 16.1. The van der Waals surface area contributed by atoms with Crippen molar-refractivity contribution in [2.75, 3.05) is 31.1 Å². The third-order valence-electron chi connectivity index (χ3n) is 4.41. The maximum Gasteiger partial charge on any atom is 0.247 e. The summed E-state index contributed by atoms with van der Waals surface area (Å²) in [5.74, 6) is 1.19. The third-order valence-corrected chi connectivity index (χ3v) is 4.66. The van der Waals surface area contributed by atoms with Crippen LogP contribution in [0.3, 0.4) is 0 Å². The number of aromatic nitrogens is 2. The Balaban J connectivity index is 1.35. The second-order valence-electron chi connectivity index (χ2n) is 6.11. The van der Waals surface area contributed by atoms with E-state index in [1.807, 2.05) is 30.3 Å². The molecule has 4 rings (SSSR count). The molecule has 3 aromatic rings. The lowest BCUT2D eigenvalue weighted by Gasteiger charge is -2.35. The number of para-hydroxylation sites is 1. The molecular weight excluding hydrogens is 336 g/mol. The number of halogens is 1. The van der Waals surface area contributed by atoms with E-state index < -0.39 is 0 Å². The topological polar surface area (TPSA) is 45.4 Å². The Hall–Kier alpha value is -2.37. The van der Waals surface area contributed by atoms with Crippen molar-refractivity contribution in [1.82, 2.24) is 15.1 Å². The van der Waals surface area contributed by atoms with E-state index in [0.717, 1.165) is 31.7 Å². The van der Waals surface area contributed by atoms with Crippen LogP contribution in [0.1, 0.15) is 5.89 Å². The molecule has 0 aliphatic carbocycles. The van der Waals surface area contributed by atoms with Crippen molar-refractivity contribution in [3.05, 3.63) is 65.5 Å². The number of benzene rings is 2. The van der Waals surface area contributed by atoms with Gasteiger partial charge in [0.15, 0.2) is 0 Å². The molecule has 1 fully saturated rings. The van der Waals surface area contributed by atoms with Crippen LogP contribution in [0.25, 0.3) is 11.5 Å². The fraction of sp³-hybridized carbons (Fsp3) is 0.263. The van der Waals surface area contributed by atoms with E-state index in [-0.39, 0.29) is 0 Å². The molecule has 0 atom stereocenters. The minimum Gasteiger partial charge on any atom is -0.419 e. The maximum atomic E-state index is 5.91. The van der Waals surface area contributed by atoms with Gasteiger partial charge in [0.25, 0.3) is 0 Å². The van der Waals surface area contributed by atoms with E-state index in [1.165, 1.54) is 5.69 Å². The third kappa shape index (κ3) is 3.83. The average molecular weight is 355 g/mol. The Bertz CT molecular complexity index is 811. The van der Waals surface area contributed by atoms with Crippen molar-refractivity contribution in [3.63, 3.8) is 0 Å². The number of hydrogen-bond donors (Lipinski definition) is 0. The zero-order valence-corrected chi connectivity index (χ0v) is 14.6. The van der Waals surface area contributed by atoms with E-state index in [0.29, 0.717) is 23.3 Å². The molecular formula is C19H19ClN4O. The Labute approximate surface area is 151 Å². The van der Waals surface area contributed by atoms with Gasteiger partial charge in [-0.1, -0.05) is 29.8 Å². The van der Waals surface area contributed by atoms with Crippen molar-refractivity contribution in [2.45, 2.75) is 6.54 Å². The van der Waals surface area contributed by atoms with Crippen LogP contribution in [0.4, 0.5) is 5.69 Å². The second kappa shape index (κ2) is 7.25. The predicted molar refractivity (Wildman–Crippen MR) is 98.7 cm³/mol. The van der Waals surface area contributed by atoms with E-state index >= 15 is 0 Å². The summed E-state index contributed by atoms with van der Waals surface area (Å²) in [6, 6.07) is 18.0. The largest absolute Gasteiger partial charge is 0.419 e. The van der Waals surface area contributed by atoms with Gasteiger partial charge in [0.1, 0.15) is 0 Å². The van der Waals surface area contributed by atoms with Gasteiger partial charge < -0.3 is 9.32 Å². The van der Waals surface area contributed by atoms with Gasteiger partial charge in [-0.15, -0.1) is 10.2 Å². The summed E-state index contributed by atoms with van der Waals surface area (Å²) in [4.78, 5) is 4.75. The molecule has 6 heteroatoms. The van der Waals surface area contributed by atoms with Crippen LogP contribution in [-0.4, -0.2) is 41.3 Å². The van der Waals surface area contributed by atoms with Crippen LogP contribution in [0, 0.1) is 0 Å². The summed E-state index contributed by atoms with van der Waals surface area (Å²) in [5, 5.41) is 9.02. The monoisotopic (exact) mass is 354 g/mol. The molecule has 25 heavy (non-hydrogen) atoms. The van der Waals surface area contributed by atoms with Gasteiger partial charge in [0, 0.05) is 42.5 Å². The first-order chi connectivity index (χ1) is 12.3. The lowest BCUT2D eigenvalue weighted by atomic mass is 10.2. The van der Waals surface area contributed by atoms with Crippen molar-refractivity contribution < 1.29 is 4.42 Å². The molecule has 1 saturated heterocycles. The Morgan fingerprint density at radius 2 is 1.60 bits per heavy atom. The van der Waals surface area contributed by atoms with Crippen LogP contribution < -0.4 is 4.90 Å². The van der Waals surface area contributed by atoms with Crippen molar-refractivity contribution in [1.29, 1.82) is 0 Å². The molecule has 5 nitrogen and oxygen atoms in total. The van der Waals surface area contributed by atoms with Crippen LogP contribution in [0.5, 0.6) is 0 Å². The first-order valence-corrected chi connectivity index (χ1v) is 8.76. The highest BCUT2D eigenvalue weighted by Gasteiger charge is 2.19. The molecule has 2 heterocycles. The van der Waals surface area contributed by atoms with Gasteiger partial charge in [-0.25, -0.2) is 0 Å². The molecule has 0 radical (unpaired) electrons. The Morgan fingerprint density at radius 3 is 2.32 bits per heavy atom. The fourth-order valence-electron chi connectivity index (χ4n) is 3.02. The van der Waals surface area contributed by atoms with E-state index in [4.69, 9.17) is 16.0 Å². The smallest absolute Gasteiger partial charge is 0.247 e. The summed E-state index contributed by atoms with van der Waals surface area (Å²) in [6.07, 6.45) is 0. The van der Waals surface area contributed by atoms with Crippen molar-refractivity contribution >= 4 is 17.3 Å². The molecule has 0 saturated carbocycles. The van der Waals surface area contributed by atoms with Crippen LogP contribution in [-0.2, 0) is 6.54 Å². The van der Waals surface area contributed by atoms with Gasteiger partial charge >= 0.3 is 0 Å². The van der Waals surface area contributed by atoms with Gasteiger partial charge in [-0.05, 0) is 36.4 Å². The SMILES string of the molecule is Clc1ccc(-c2nnc(CN3CCN(c4ccccc4)CC3)o2)cc1. The maximum absolute atomic E-state index is 5.91. The standard InChI is InChI=1S/C19H19ClN4O/c20-16-8-6-15(7-9-16)19-22-21-18(25-19)14-23-10-12-24(13-11-23)17-4-2-1-3-5-17/h1-9H,10-14H2. The molecule has 0 spiro atoms. The Kier molecular flexibility index (Phi) is 4.68. The summed E-state index contributed by atoms with van der Waals surface area (Å²) in [7, 11) is 0. The summed E-state index contributed by atoms with van der Waals surface area (Å²) in [5.41, 5.74) is 2.17. The minimum atomic E-state index is 0.537. The number of nitrogens with zero attached hydrogens (tertiary/aromatic N) is 4. The van der Waals surface area contributed by atoms with Crippen LogP contribution in [0.2, 0.25) is 5.02 Å². The number of piperazine rings is 1. The van der Waals surface area contributed by atoms with Gasteiger partial charge in [-0.3, -0.25) is 4.90 Å². The lowest BCUT2D eigenvalue weighted by molar-refractivity contribution is 0.227. The number of hydrogen-bond acceptors (Lipinski definition) is 5. The minimum absolute atomic E-state index is 0.537.